The Bertz CT molecular complexity index is 1430. The van der Waals surface area contributed by atoms with E-state index in [1.165, 1.54) is 30.6 Å². The van der Waals surface area contributed by atoms with E-state index in [0.717, 1.165) is 12.1 Å². The van der Waals surface area contributed by atoms with Gasteiger partial charge in [0.1, 0.15) is 17.6 Å². The van der Waals surface area contributed by atoms with Gasteiger partial charge in [-0.05, 0) is 36.8 Å². The molecular formula is C24H21Cl2FN8. The maximum Gasteiger partial charge on any atom is 0.141 e. The standard InChI is InChI=1S/C24H21Cl2FN8/c1-2-14(8-28)12-35-13-18(33-34-35)11-30-17-5-19-23(32-16-3-4-22(27)20(25)6-16)15(9-29)10-31-24(19)21(26)7-17/h3-8,10,13-14,28,30H,2,11-12H2,1H3,(H,31,32)/t14-/m0/s1. The fourth-order valence-corrected chi connectivity index (χ4v) is 3.99. The first-order valence-corrected chi connectivity index (χ1v) is 11.5. The number of fused-ring (bicyclic) bond motifs is 1. The van der Waals surface area contributed by atoms with E-state index in [0.29, 0.717) is 51.6 Å². The molecule has 3 N–H and O–H groups in total. The monoisotopic (exact) mass is 510 g/mol. The number of nitrogens with one attached hydrogen (secondary N) is 3. The van der Waals surface area contributed by atoms with Crippen LogP contribution in [-0.4, -0.2) is 26.2 Å². The molecule has 2 aromatic heterocycles. The van der Waals surface area contributed by atoms with Gasteiger partial charge in [0.25, 0.3) is 0 Å². The molecule has 0 aliphatic heterocycles. The molecule has 8 nitrogen and oxygen atoms in total. The second kappa shape index (κ2) is 10.7. The first-order chi connectivity index (χ1) is 16.9. The van der Waals surface area contributed by atoms with Crippen LogP contribution in [0.25, 0.3) is 10.9 Å². The summed E-state index contributed by atoms with van der Waals surface area (Å²) in [5.41, 5.74) is 3.22. The maximum atomic E-state index is 13.6. The molecule has 2 aromatic carbocycles. The number of rotatable bonds is 9. The predicted molar refractivity (Wildman–Crippen MR) is 136 cm³/mol. The minimum atomic E-state index is -0.535. The largest absolute Gasteiger partial charge is 0.379 e. The van der Waals surface area contributed by atoms with Gasteiger partial charge in [-0.15, -0.1) is 5.10 Å². The van der Waals surface area contributed by atoms with Gasteiger partial charge in [0, 0.05) is 35.1 Å². The van der Waals surface area contributed by atoms with E-state index >= 15 is 0 Å². The van der Waals surface area contributed by atoms with Gasteiger partial charge in [0.2, 0.25) is 0 Å². The van der Waals surface area contributed by atoms with Crippen LogP contribution >= 0.6 is 23.2 Å². The average molecular weight is 511 g/mol. The first kappa shape index (κ1) is 24.4. The zero-order chi connectivity index (χ0) is 24.9. The van der Waals surface area contributed by atoms with E-state index < -0.39 is 5.82 Å². The Morgan fingerprint density at radius 2 is 2.03 bits per heavy atom. The molecule has 0 aliphatic carbocycles. The summed E-state index contributed by atoms with van der Waals surface area (Å²) in [4.78, 5) is 4.34. The quantitative estimate of drug-likeness (QED) is 0.231. The third-order valence-electron chi connectivity index (χ3n) is 5.48. The molecule has 0 saturated heterocycles. The van der Waals surface area contributed by atoms with Crippen molar-refractivity contribution >= 4 is 57.4 Å². The van der Waals surface area contributed by atoms with E-state index in [1.54, 1.807) is 10.7 Å². The highest BCUT2D eigenvalue weighted by molar-refractivity contribution is 6.36. The normalized spacial score (nSPS) is 11.7. The lowest BCUT2D eigenvalue weighted by atomic mass is 10.1. The molecule has 0 spiro atoms. The summed E-state index contributed by atoms with van der Waals surface area (Å²) in [5.74, 6) is -0.424. The molecule has 0 amide bonds. The van der Waals surface area contributed by atoms with Crippen molar-refractivity contribution in [3.05, 3.63) is 69.8 Å². The molecule has 4 aromatic rings. The summed E-state index contributed by atoms with van der Waals surface area (Å²) < 4.78 is 15.3. The van der Waals surface area contributed by atoms with Crippen LogP contribution in [0, 0.1) is 28.5 Å². The number of halogens is 3. The average Bonchev–Trinajstić information content (AvgIpc) is 3.31. The summed E-state index contributed by atoms with van der Waals surface area (Å²) in [6, 6.07) is 9.92. The molecule has 0 saturated carbocycles. The van der Waals surface area contributed by atoms with Gasteiger partial charge in [-0.25, -0.2) is 4.39 Å². The maximum absolute atomic E-state index is 13.6. The van der Waals surface area contributed by atoms with Crippen molar-refractivity contribution in [3.8, 4) is 6.07 Å². The van der Waals surface area contributed by atoms with E-state index in [2.05, 4.69) is 32.0 Å². The molecule has 0 radical (unpaired) electrons. The number of hydrogen-bond donors (Lipinski definition) is 3. The summed E-state index contributed by atoms with van der Waals surface area (Å²) in [7, 11) is 0. The summed E-state index contributed by atoms with van der Waals surface area (Å²) in [6.45, 7) is 3.02. The van der Waals surface area contributed by atoms with Gasteiger partial charge in [-0.2, -0.15) is 5.26 Å². The number of anilines is 3. The first-order valence-electron chi connectivity index (χ1n) is 10.8. The number of hydrogen-bond acceptors (Lipinski definition) is 7. The van der Waals surface area contributed by atoms with Gasteiger partial charge < -0.3 is 16.0 Å². The molecule has 11 heteroatoms. The Balaban J connectivity index is 1.62. The Kier molecular flexibility index (Phi) is 7.44. The highest BCUT2D eigenvalue weighted by Crippen LogP contribution is 2.35. The minimum absolute atomic E-state index is 0.0359. The van der Waals surface area contributed by atoms with Gasteiger partial charge >= 0.3 is 0 Å². The SMILES string of the molecule is CC[C@@H](C=N)Cn1cc(CNc2cc(Cl)c3ncc(C#N)c(Nc4ccc(F)c(Cl)c4)c3c2)nn1. The molecule has 0 fully saturated rings. The van der Waals surface area contributed by atoms with Gasteiger partial charge in [-0.3, -0.25) is 9.67 Å². The van der Waals surface area contributed by atoms with E-state index in [1.807, 2.05) is 19.2 Å². The molecular weight excluding hydrogens is 490 g/mol. The van der Waals surface area contributed by atoms with Crippen LogP contribution in [-0.2, 0) is 13.1 Å². The van der Waals surface area contributed by atoms with Crippen molar-refractivity contribution in [3.63, 3.8) is 0 Å². The Labute approximate surface area is 211 Å². The lowest BCUT2D eigenvalue weighted by Gasteiger charge is -2.14. The molecule has 1 atom stereocenters. The Morgan fingerprint density at radius 1 is 1.23 bits per heavy atom. The van der Waals surface area contributed by atoms with Crippen LogP contribution in [0.5, 0.6) is 0 Å². The highest BCUT2D eigenvalue weighted by Gasteiger charge is 2.14. The van der Waals surface area contributed by atoms with Crippen LogP contribution in [0.2, 0.25) is 10.0 Å². The minimum Gasteiger partial charge on any atom is -0.379 e. The van der Waals surface area contributed by atoms with Crippen molar-refractivity contribution in [1.29, 1.82) is 10.7 Å². The van der Waals surface area contributed by atoms with Crippen LogP contribution < -0.4 is 10.6 Å². The molecule has 0 aliphatic rings. The molecule has 35 heavy (non-hydrogen) atoms. The molecule has 0 bridgehead atoms. The zero-order valence-corrected chi connectivity index (χ0v) is 20.2. The number of pyridine rings is 1. The van der Waals surface area contributed by atoms with Crippen LogP contribution in [0.3, 0.4) is 0 Å². The number of nitriles is 1. The summed E-state index contributed by atoms with van der Waals surface area (Å²) in [6.07, 6.45) is 5.55. The Hall–Kier alpha value is -3.74. The number of benzene rings is 2. The van der Waals surface area contributed by atoms with E-state index in [9.17, 15) is 9.65 Å². The van der Waals surface area contributed by atoms with Crippen molar-refractivity contribution in [1.82, 2.24) is 20.0 Å². The third kappa shape index (κ3) is 5.50. The molecule has 0 unspecified atom stereocenters. The predicted octanol–water partition coefficient (Wildman–Crippen LogP) is 6.18. The van der Waals surface area contributed by atoms with Crippen LogP contribution in [0.1, 0.15) is 24.6 Å². The Morgan fingerprint density at radius 3 is 2.74 bits per heavy atom. The molecule has 2 heterocycles. The smallest absolute Gasteiger partial charge is 0.141 e. The molecule has 4 rings (SSSR count). The lowest BCUT2D eigenvalue weighted by Crippen LogP contribution is -2.11. The van der Waals surface area contributed by atoms with Crippen LogP contribution in [0.15, 0.2) is 42.7 Å². The highest BCUT2D eigenvalue weighted by atomic mass is 35.5. The van der Waals surface area contributed by atoms with Gasteiger partial charge in [0.15, 0.2) is 0 Å². The topological polar surface area (TPSA) is 115 Å². The van der Waals surface area contributed by atoms with Crippen molar-refractivity contribution in [2.75, 3.05) is 10.6 Å². The molecule has 178 valence electrons. The third-order valence-corrected chi connectivity index (χ3v) is 6.05. The number of nitrogens with zero attached hydrogens (tertiary/aromatic N) is 5. The van der Waals surface area contributed by atoms with Gasteiger partial charge in [0.05, 0.1) is 46.1 Å². The van der Waals surface area contributed by atoms with Crippen LogP contribution in [0.4, 0.5) is 21.5 Å². The summed E-state index contributed by atoms with van der Waals surface area (Å²) in [5, 5.41) is 32.8. The lowest BCUT2D eigenvalue weighted by molar-refractivity contribution is 0.494. The fraction of sp³-hybridized carbons (Fsp3) is 0.208. The zero-order valence-electron chi connectivity index (χ0n) is 18.7. The second-order valence-electron chi connectivity index (χ2n) is 7.89. The van der Waals surface area contributed by atoms with E-state index in [4.69, 9.17) is 28.6 Å². The van der Waals surface area contributed by atoms with Crippen molar-refractivity contribution < 1.29 is 4.39 Å². The van der Waals surface area contributed by atoms with Gasteiger partial charge in [-0.1, -0.05) is 35.3 Å². The van der Waals surface area contributed by atoms with E-state index in [-0.39, 0.29) is 10.9 Å². The second-order valence-corrected chi connectivity index (χ2v) is 8.70. The summed E-state index contributed by atoms with van der Waals surface area (Å²) >= 11 is 12.4. The number of aromatic nitrogens is 4. The van der Waals surface area contributed by atoms with Crippen molar-refractivity contribution in [2.45, 2.75) is 26.4 Å². The fourth-order valence-electron chi connectivity index (χ4n) is 3.54. The van der Waals surface area contributed by atoms with Crippen molar-refractivity contribution in [2.24, 2.45) is 5.92 Å².